The molecule has 1 aromatic rings. The minimum absolute atomic E-state index is 0.0911. The fourth-order valence-corrected chi connectivity index (χ4v) is 3.43. The van der Waals surface area contributed by atoms with Crippen molar-refractivity contribution in [3.05, 3.63) is 29.8 Å². The highest BCUT2D eigenvalue weighted by Crippen LogP contribution is 2.16. The highest BCUT2D eigenvalue weighted by Gasteiger charge is 2.30. The van der Waals surface area contributed by atoms with Crippen molar-refractivity contribution in [1.29, 1.82) is 0 Å². The first-order valence-electron chi connectivity index (χ1n) is 9.65. The van der Waals surface area contributed by atoms with Gasteiger partial charge in [-0.05, 0) is 32.9 Å². The van der Waals surface area contributed by atoms with Crippen LogP contribution in [0.3, 0.4) is 0 Å². The highest BCUT2D eigenvalue weighted by molar-refractivity contribution is 5.74. The number of likely N-dealkylation sites (N-methyl/N-ethyl adjacent to an activating group) is 1. The van der Waals surface area contributed by atoms with Gasteiger partial charge in [-0.2, -0.15) is 0 Å². The SMILES string of the molecule is CN(C)c1ccc([C@@H](CNC(=O)NC(C)(C)C)[NH+]2CC[NH+](C)CC2)cc1. The zero-order valence-electron chi connectivity index (χ0n) is 17.3. The largest absolute Gasteiger partial charge is 0.378 e. The number of nitrogens with one attached hydrogen (secondary N) is 4. The van der Waals surface area contributed by atoms with Crippen LogP contribution in [0.2, 0.25) is 0 Å². The van der Waals surface area contributed by atoms with Gasteiger partial charge in [0.15, 0.2) is 0 Å². The molecule has 2 amide bonds. The minimum Gasteiger partial charge on any atom is -0.378 e. The predicted octanol–water partition coefficient (Wildman–Crippen LogP) is -0.695. The second kappa shape index (κ2) is 8.73. The van der Waals surface area contributed by atoms with E-state index in [1.54, 1.807) is 9.80 Å². The molecular formula is C20H37N5O+2. The Kier molecular flexibility index (Phi) is 6.89. The van der Waals surface area contributed by atoms with Crippen molar-refractivity contribution in [2.45, 2.75) is 32.4 Å². The number of piperazine rings is 1. The van der Waals surface area contributed by atoms with Crippen LogP contribution in [0.5, 0.6) is 0 Å². The van der Waals surface area contributed by atoms with Crippen molar-refractivity contribution in [3.8, 4) is 0 Å². The third-order valence-corrected chi connectivity index (χ3v) is 5.01. The standard InChI is InChI=1S/C20H35N5O/c1-20(2,3)22-19(26)21-15-18(25-13-11-24(6)12-14-25)16-7-9-17(10-8-16)23(4)5/h7-10,18H,11-15H2,1-6H3,(H2,21,22,26)/p+2/t18-/m1/s1. The van der Waals surface area contributed by atoms with Crippen LogP contribution in [0.1, 0.15) is 32.4 Å². The van der Waals surface area contributed by atoms with Crippen molar-refractivity contribution in [1.82, 2.24) is 10.6 Å². The monoisotopic (exact) mass is 363 g/mol. The lowest BCUT2D eigenvalue weighted by Crippen LogP contribution is -3.27. The maximum atomic E-state index is 12.2. The molecule has 1 saturated heterocycles. The van der Waals surface area contributed by atoms with Crippen molar-refractivity contribution < 1.29 is 14.6 Å². The van der Waals surface area contributed by atoms with Crippen LogP contribution in [-0.4, -0.2) is 65.4 Å². The van der Waals surface area contributed by atoms with E-state index in [4.69, 9.17) is 0 Å². The van der Waals surface area contributed by atoms with E-state index in [0.717, 1.165) is 13.1 Å². The van der Waals surface area contributed by atoms with Gasteiger partial charge in [0.05, 0.1) is 13.6 Å². The molecule has 0 aromatic heterocycles. The molecule has 4 N–H and O–H groups in total. The summed E-state index contributed by atoms with van der Waals surface area (Å²) in [7, 11) is 6.37. The minimum atomic E-state index is -0.225. The third kappa shape index (κ3) is 6.18. The molecule has 1 fully saturated rings. The number of carbonyl (C=O) groups excluding carboxylic acids is 1. The molecule has 0 spiro atoms. The number of rotatable bonds is 5. The molecule has 1 heterocycles. The lowest BCUT2D eigenvalue weighted by Gasteiger charge is -2.34. The van der Waals surface area contributed by atoms with Crippen molar-refractivity contribution >= 4 is 11.7 Å². The van der Waals surface area contributed by atoms with E-state index in [9.17, 15) is 4.79 Å². The van der Waals surface area contributed by atoms with Crippen LogP contribution in [0.25, 0.3) is 0 Å². The maximum Gasteiger partial charge on any atom is 0.315 e. The molecule has 0 unspecified atom stereocenters. The van der Waals surface area contributed by atoms with Crippen LogP contribution < -0.4 is 25.3 Å². The summed E-state index contributed by atoms with van der Waals surface area (Å²) >= 11 is 0. The molecule has 0 saturated carbocycles. The average Bonchev–Trinajstić information content (AvgIpc) is 2.55. The number of urea groups is 1. The first-order chi connectivity index (χ1) is 12.2. The van der Waals surface area contributed by atoms with Gasteiger partial charge in [-0.25, -0.2) is 4.79 Å². The number of benzene rings is 1. The Balaban J connectivity index is 2.10. The number of nitrogens with zero attached hydrogens (tertiary/aromatic N) is 1. The Bertz CT molecular complexity index is 571. The van der Waals surface area contributed by atoms with Gasteiger partial charge in [0.2, 0.25) is 0 Å². The number of quaternary nitrogens is 2. The van der Waals surface area contributed by atoms with Crippen molar-refractivity contribution in [3.63, 3.8) is 0 Å². The number of hydrogen-bond donors (Lipinski definition) is 4. The average molecular weight is 364 g/mol. The van der Waals surface area contributed by atoms with E-state index in [0.29, 0.717) is 6.54 Å². The quantitative estimate of drug-likeness (QED) is 0.560. The summed E-state index contributed by atoms with van der Waals surface area (Å²) in [6.45, 7) is 11.3. The fourth-order valence-electron chi connectivity index (χ4n) is 3.43. The summed E-state index contributed by atoms with van der Waals surface area (Å²) in [6.07, 6.45) is 0. The molecule has 6 heteroatoms. The van der Waals surface area contributed by atoms with Crippen LogP contribution in [0, 0.1) is 0 Å². The second-order valence-corrected chi connectivity index (χ2v) is 8.74. The molecule has 0 radical (unpaired) electrons. The number of hydrogen-bond acceptors (Lipinski definition) is 2. The molecule has 2 rings (SSSR count). The first-order valence-corrected chi connectivity index (χ1v) is 9.65. The summed E-state index contributed by atoms with van der Waals surface area (Å²) in [6, 6.07) is 8.94. The molecule has 146 valence electrons. The van der Waals surface area contributed by atoms with E-state index in [1.165, 1.54) is 24.3 Å². The highest BCUT2D eigenvalue weighted by atomic mass is 16.2. The summed E-state index contributed by atoms with van der Waals surface area (Å²) in [5.41, 5.74) is 2.27. The Hall–Kier alpha value is -1.79. The molecule has 6 nitrogen and oxygen atoms in total. The zero-order valence-corrected chi connectivity index (χ0v) is 17.3. The second-order valence-electron chi connectivity index (χ2n) is 8.74. The van der Waals surface area contributed by atoms with Crippen molar-refractivity contribution in [2.75, 3.05) is 58.8 Å². The Morgan fingerprint density at radius 2 is 1.69 bits per heavy atom. The van der Waals surface area contributed by atoms with Crippen LogP contribution in [0.15, 0.2) is 24.3 Å². The number of amides is 2. The zero-order chi connectivity index (χ0) is 19.3. The Morgan fingerprint density at radius 1 is 1.12 bits per heavy atom. The lowest BCUT2D eigenvalue weighted by atomic mass is 10.0. The van der Waals surface area contributed by atoms with Crippen LogP contribution in [0.4, 0.5) is 10.5 Å². The van der Waals surface area contributed by atoms with Gasteiger partial charge in [0.25, 0.3) is 0 Å². The van der Waals surface area contributed by atoms with Gasteiger partial charge in [0, 0.05) is 30.9 Å². The first kappa shape index (κ1) is 20.5. The molecule has 0 bridgehead atoms. The predicted molar refractivity (Wildman–Crippen MR) is 107 cm³/mol. The summed E-state index contributed by atoms with van der Waals surface area (Å²) in [5.74, 6) is 0. The number of anilines is 1. The number of carbonyl (C=O) groups is 1. The van der Waals surface area contributed by atoms with E-state index in [-0.39, 0.29) is 17.6 Å². The van der Waals surface area contributed by atoms with Gasteiger partial charge in [-0.3, -0.25) is 0 Å². The lowest BCUT2D eigenvalue weighted by molar-refractivity contribution is -1.02. The molecule has 1 atom stereocenters. The van der Waals surface area contributed by atoms with Crippen molar-refractivity contribution in [2.24, 2.45) is 0 Å². The molecule has 1 aromatic carbocycles. The van der Waals surface area contributed by atoms with Gasteiger partial charge in [-0.15, -0.1) is 0 Å². The van der Waals surface area contributed by atoms with E-state index < -0.39 is 0 Å². The summed E-state index contributed by atoms with van der Waals surface area (Å²) in [4.78, 5) is 17.5. The van der Waals surface area contributed by atoms with Gasteiger partial charge in [-0.1, -0.05) is 12.1 Å². The molecule has 1 aliphatic heterocycles. The fraction of sp³-hybridized carbons (Fsp3) is 0.650. The molecule has 26 heavy (non-hydrogen) atoms. The van der Waals surface area contributed by atoms with Gasteiger partial charge in [0.1, 0.15) is 32.2 Å². The van der Waals surface area contributed by atoms with E-state index in [1.807, 2.05) is 20.8 Å². The summed E-state index contributed by atoms with van der Waals surface area (Å²) in [5, 5.41) is 6.09. The van der Waals surface area contributed by atoms with Crippen LogP contribution >= 0.6 is 0 Å². The summed E-state index contributed by atoms with van der Waals surface area (Å²) < 4.78 is 0. The topological polar surface area (TPSA) is 53.2 Å². The molecule has 0 aliphatic carbocycles. The maximum absolute atomic E-state index is 12.2. The third-order valence-electron chi connectivity index (χ3n) is 5.01. The van der Waals surface area contributed by atoms with Gasteiger partial charge < -0.3 is 25.3 Å². The Morgan fingerprint density at radius 3 is 2.19 bits per heavy atom. The van der Waals surface area contributed by atoms with E-state index in [2.05, 4.69) is 60.9 Å². The molecule has 1 aliphatic rings. The normalized spacial score (nSPS) is 21.8. The Labute approximate surface area is 158 Å². The van der Waals surface area contributed by atoms with Crippen LogP contribution in [-0.2, 0) is 0 Å². The smallest absolute Gasteiger partial charge is 0.315 e. The van der Waals surface area contributed by atoms with Gasteiger partial charge >= 0.3 is 6.03 Å². The molecular weight excluding hydrogens is 326 g/mol. The van der Waals surface area contributed by atoms with E-state index >= 15 is 0 Å².